The summed E-state index contributed by atoms with van der Waals surface area (Å²) >= 11 is 1.57. The van der Waals surface area contributed by atoms with E-state index in [0.717, 1.165) is 73.3 Å². The number of nitrogens with one attached hydrogen (secondary N) is 3. The van der Waals surface area contributed by atoms with Crippen LogP contribution < -0.4 is 16.0 Å². The van der Waals surface area contributed by atoms with Gasteiger partial charge in [-0.15, -0.1) is 11.3 Å². The van der Waals surface area contributed by atoms with E-state index in [4.69, 9.17) is 4.98 Å². The third-order valence-electron chi connectivity index (χ3n) is 8.22. The lowest BCUT2D eigenvalue weighted by Crippen LogP contribution is -2.55. The molecule has 0 radical (unpaired) electrons. The maximum absolute atomic E-state index is 13.7. The molecule has 2 fully saturated rings. The molecule has 1 saturated carbocycles. The van der Waals surface area contributed by atoms with Crippen molar-refractivity contribution in [3.63, 3.8) is 0 Å². The van der Waals surface area contributed by atoms with Crippen molar-refractivity contribution in [2.45, 2.75) is 90.1 Å². The minimum absolute atomic E-state index is 0.154. The van der Waals surface area contributed by atoms with Crippen LogP contribution in [0.2, 0.25) is 0 Å². The molecule has 40 heavy (non-hydrogen) atoms. The molecule has 1 unspecified atom stereocenters. The van der Waals surface area contributed by atoms with E-state index < -0.39 is 6.04 Å². The lowest BCUT2D eigenvalue weighted by atomic mass is 9.83. The van der Waals surface area contributed by atoms with Crippen molar-refractivity contribution in [2.24, 2.45) is 5.92 Å². The molecule has 1 aromatic heterocycles. The van der Waals surface area contributed by atoms with Crippen molar-refractivity contribution >= 4 is 39.3 Å². The average molecular weight is 568 g/mol. The number of likely N-dealkylation sites (tertiary alicyclic amines) is 1. The molecule has 2 aliphatic rings. The number of amides is 3. The van der Waals surface area contributed by atoms with Crippen molar-refractivity contribution in [3.05, 3.63) is 40.9 Å². The van der Waals surface area contributed by atoms with E-state index in [2.05, 4.69) is 46.5 Å². The summed E-state index contributed by atoms with van der Waals surface area (Å²) in [5.41, 5.74) is 2.72. The standard InChI is InChI=1S/C31H45N5O3S/c1-4-22-13-14-24-27(17-22)40-29(34-24)18-25(33-28(37)5-2)31(39)35-26(23-11-7-6-8-12-23)19-32-30(38)21(3)20-36-15-9-10-16-36/h13-14,17,23,25-26H,3-12,15-16,18-20H2,1-2H3,(H,32,38)(H,33,37)(H,35,39)/t25-,26?/m0/s1. The van der Waals surface area contributed by atoms with Crippen molar-refractivity contribution < 1.29 is 14.4 Å². The van der Waals surface area contributed by atoms with Crippen LogP contribution in [-0.4, -0.2) is 65.9 Å². The number of hydrogen-bond donors (Lipinski definition) is 3. The van der Waals surface area contributed by atoms with Crippen molar-refractivity contribution in [2.75, 3.05) is 26.2 Å². The number of carbonyl (C=O) groups is 3. The maximum Gasteiger partial charge on any atom is 0.247 e. The Morgan fingerprint density at radius 2 is 1.82 bits per heavy atom. The summed E-state index contributed by atoms with van der Waals surface area (Å²) in [6.07, 6.45) is 9.36. The third kappa shape index (κ3) is 8.36. The molecule has 1 aliphatic carbocycles. The monoisotopic (exact) mass is 567 g/mol. The zero-order valence-electron chi connectivity index (χ0n) is 24.1. The lowest BCUT2D eigenvalue weighted by molar-refractivity contribution is -0.129. The zero-order valence-corrected chi connectivity index (χ0v) is 24.9. The second kappa shape index (κ2) is 14.7. The fourth-order valence-electron chi connectivity index (χ4n) is 5.77. The van der Waals surface area contributed by atoms with E-state index in [0.29, 0.717) is 31.5 Å². The van der Waals surface area contributed by atoms with E-state index in [1.54, 1.807) is 18.3 Å². The lowest BCUT2D eigenvalue weighted by Gasteiger charge is -2.32. The van der Waals surface area contributed by atoms with Gasteiger partial charge in [-0.2, -0.15) is 0 Å². The molecule has 9 heteroatoms. The van der Waals surface area contributed by atoms with Gasteiger partial charge >= 0.3 is 0 Å². The van der Waals surface area contributed by atoms with Gasteiger partial charge in [-0.1, -0.05) is 45.8 Å². The van der Waals surface area contributed by atoms with Crippen LogP contribution in [0.15, 0.2) is 30.4 Å². The van der Waals surface area contributed by atoms with Crippen molar-refractivity contribution in [1.29, 1.82) is 0 Å². The topological polar surface area (TPSA) is 103 Å². The molecule has 3 N–H and O–H groups in total. The van der Waals surface area contributed by atoms with Crippen LogP contribution in [0.5, 0.6) is 0 Å². The average Bonchev–Trinajstić information content (AvgIpc) is 3.63. The summed E-state index contributed by atoms with van der Waals surface area (Å²) < 4.78 is 1.09. The van der Waals surface area contributed by atoms with Crippen LogP contribution in [0.4, 0.5) is 0 Å². The van der Waals surface area contributed by atoms with Gasteiger partial charge in [0.25, 0.3) is 0 Å². The highest BCUT2D eigenvalue weighted by Crippen LogP contribution is 2.27. The van der Waals surface area contributed by atoms with Gasteiger partial charge in [0.05, 0.1) is 15.2 Å². The van der Waals surface area contributed by atoms with Crippen LogP contribution in [0.25, 0.3) is 10.2 Å². The van der Waals surface area contributed by atoms with E-state index in [9.17, 15) is 14.4 Å². The van der Waals surface area contributed by atoms with Gasteiger partial charge in [0.15, 0.2) is 0 Å². The first-order valence-corrected chi connectivity index (χ1v) is 15.8. The Bertz CT molecular complexity index is 1180. The molecule has 218 valence electrons. The zero-order chi connectivity index (χ0) is 28.5. The molecule has 4 rings (SSSR count). The number of nitrogens with zero attached hydrogens (tertiary/aromatic N) is 2. The van der Waals surface area contributed by atoms with E-state index in [1.807, 2.05) is 6.07 Å². The molecule has 3 amide bonds. The first-order chi connectivity index (χ1) is 19.4. The third-order valence-corrected chi connectivity index (χ3v) is 9.26. The minimum Gasteiger partial charge on any atom is -0.350 e. The number of carbonyl (C=O) groups excluding carboxylic acids is 3. The first-order valence-electron chi connectivity index (χ1n) is 15.0. The molecular formula is C31H45N5O3S. The molecule has 0 bridgehead atoms. The fourth-order valence-corrected chi connectivity index (χ4v) is 6.85. The molecule has 2 aromatic rings. The summed E-state index contributed by atoms with van der Waals surface area (Å²) in [5, 5.41) is 10.0. The van der Waals surface area contributed by atoms with Crippen LogP contribution >= 0.6 is 11.3 Å². The number of aromatic nitrogens is 1. The minimum atomic E-state index is -0.731. The highest BCUT2D eigenvalue weighted by Gasteiger charge is 2.30. The summed E-state index contributed by atoms with van der Waals surface area (Å²) in [4.78, 5) is 46.0. The second-order valence-corrected chi connectivity index (χ2v) is 12.4. The molecule has 0 spiro atoms. The van der Waals surface area contributed by atoms with Gasteiger partial charge in [0.1, 0.15) is 6.04 Å². The van der Waals surface area contributed by atoms with Gasteiger partial charge in [-0.25, -0.2) is 4.98 Å². The Kier molecular flexibility index (Phi) is 11.1. The molecular weight excluding hydrogens is 522 g/mol. The maximum atomic E-state index is 13.7. The van der Waals surface area contributed by atoms with Gasteiger partial charge < -0.3 is 16.0 Å². The number of fused-ring (bicyclic) bond motifs is 1. The van der Waals surface area contributed by atoms with Gasteiger partial charge in [0, 0.05) is 37.5 Å². The Morgan fingerprint density at radius 1 is 1.07 bits per heavy atom. The number of rotatable bonds is 13. The van der Waals surface area contributed by atoms with Crippen LogP contribution in [0.3, 0.4) is 0 Å². The molecule has 2 heterocycles. The summed E-state index contributed by atoms with van der Waals surface area (Å²) in [6, 6.07) is 5.31. The smallest absolute Gasteiger partial charge is 0.247 e. The SMILES string of the molecule is C=C(CN1CCCC1)C(=O)NCC(NC(=O)[C@H](Cc1nc2ccc(CC)cc2s1)NC(=O)CC)C1CCCCC1. The predicted molar refractivity (Wildman–Crippen MR) is 161 cm³/mol. The Balaban J connectivity index is 1.44. The molecule has 8 nitrogen and oxygen atoms in total. The predicted octanol–water partition coefficient (Wildman–Crippen LogP) is 4.13. The Labute approximate surface area is 242 Å². The molecule has 1 aliphatic heterocycles. The first kappa shape index (κ1) is 30.2. The van der Waals surface area contributed by atoms with Crippen molar-refractivity contribution in [1.82, 2.24) is 25.8 Å². The molecule has 2 atom stereocenters. The Morgan fingerprint density at radius 3 is 2.52 bits per heavy atom. The van der Waals surface area contributed by atoms with Crippen LogP contribution in [-0.2, 0) is 27.2 Å². The molecule has 1 saturated heterocycles. The van der Waals surface area contributed by atoms with Crippen LogP contribution in [0, 0.1) is 5.92 Å². The van der Waals surface area contributed by atoms with Gasteiger partial charge in [-0.3, -0.25) is 19.3 Å². The normalized spacial score (nSPS) is 17.9. The van der Waals surface area contributed by atoms with E-state index >= 15 is 0 Å². The molecule has 1 aromatic carbocycles. The Hall–Kier alpha value is -2.78. The highest BCUT2D eigenvalue weighted by atomic mass is 32.1. The summed E-state index contributed by atoms with van der Waals surface area (Å²) in [6.45, 7) is 10.9. The second-order valence-electron chi connectivity index (χ2n) is 11.3. The largest absolute Gasteiger partial charge is 0.350 e. The number of aryl methyl sites for hydroxylation is 1. The fraction of sp³-hybridized carbons (Fsp3) is 0.613. The number of thiazole rings is 1. The quantitative estimate of drug-likeness (QED) is 0.316. The number of benzene rings is 1. The number of hydrogen-bond acceptors (Lipinski definition) is 6. The van der Waals surface area contributed by atoms with Crippen molar-refractivity contribution in [3.8, 4) is 0 Å². The summed E-state index contributed by atoms with van der Waals surface area (Å²) in [7, 11) is 0. The van der Waals surface area contributed by atoms with Crippen LogP contribution in [0.1, 0.15) is 75.8 Å². The van der Waals surface area contributed by atoms with E-state index in [1.165, 1.54) is 12.0 Å². The summed E-state index contributed by atoms with van der Waals surface area (Å²) in [5.74, 6) is -0.271. The van der Waals surface area contributed by atoms with Gasteiger partial charge in [-0.05, 0) is 68.8 Å². The van der Waals surface area contributed by atoms with E-state index in [-0.39, 0.29) is 29.7 Å². The highest BCUT2D eigenvalue weighted by molar-refractivity contribution is 7.18. The van der Waals surface area contributed by atoms with Gasteiger partial charge in [0.2, 0.25) is 17.7 Å².